The van der Waals surface area contributed by atoms with Gasteiger partial charge in [0.05, 0.1) is 25.4 Å². The summed E-state index contributed by atoms with van der Waals surface area (Å²) in [7, 11) is 0. The maximum absolute atomic E-state index is 12.4. The number of aliphatic carboxylic acids is 2. The lowest BCUT2D eigenvalue weighted by Gasteiger charge is -2.19. The first kappa shape index (κ1) is 26.8. The molecule has 14 nitrogen and oxygen atoms in total. The summed E-state index contributed by atoms with van der Waals surface area (Å²) in [6, 6.07) is 2.91. The van der Waals surface area contributed by atoms with Crippen LogP contribution in [0.5, 0.6) is 0 Å². The van der Waals surface area contributed by atoms with Crippen LogP contribution in [0, 0.1) is 0 Å². The van der Waals surface area contributed by atoms with Gasteiger partial charge in [-0.2, -0.15) is 0 Å². The molecule has 2 rings (SSSR count). The number of carboxylic acids is 2. The lowest BCUT2D eigenvalue weighted by molar-refractivity contribution is -0.142. The summed E-state index contributed by atoms with van der Waals surface area (Å²) in [6.45, 7) is -0.685. The van der Waals surface area contributed by atoms with Gasteiger partial charge in [0.2, 0.25) is 23.6 Å². The minimum absolute atomic E-state index is 0.0333. The fraction of sp³-hybridized carbons (Fsp3) is 0.333. The summed E-state index contributed by atoms with van der Waals surface area (Å²) < 4.78 is 0. The highest BCUT2D eigenvalue weighted by Crippen LogP contribution is 2.19. The van der Waals surface area contributed by atoms with Gasteiger partial charge >= 0.3 is 11.9 Å². The second-order valence-corrected chi connectivity index (χ2v) is 7.68. The number of H-pyrrole nitrogens is 1. The van der Waals surface area contributed by atoms with Gasteiger partial charge < -0.3 is 42.6 Å². The lowest BCUT2D eigenvalue weighted by Crippen LogP contribution is -2.54. The van der Waals surface area contributed by atoms with Gasteiger partial charge in [0, 0.05) is 23.5 Å². The second-order valence-electron chi connectivity index (χ2n) is 7.68. The molecule has 3 atom stereocenters. The molecule has 14 heteroatoms. The van der Waals surface area contributed by atoms with Gasteiger partial charge in [-0.25, -0.2) is 4.79 Å². The van der Waals surface area contributed by atoms with Crippen LogP contribution in [-0.4, -0.2) is 75.4 Å². The molecule has 0 aliphatic heterocycles. The van der Waals surface area contributed by atoms with Crippen molar-refractivity contribution in [3.8, 4) is 0 Å². The Hall–Kier alpha value is -4.46. The Morgan fingerprint density at radius 3 is 2.26 bits per heavy atom. The van der Waals surface area contributed by atoms with Crippen LogP contribution < -0.4 is 27.4 Å². The second kappa shape index (κ2) is 12.1. The summed E-state index contributed by atoms with van der Waals surface area (Å²) >= 11 is 0. The number of benzene rings is 1. The first-order valence-electron chi connectivity index (χ1n) is 10.4. The molecule has 1 heterocycles. The zero-order valence-electron chi connectivity index (χ0n) is 18.4. The molecule has 0 radical (unpaired) electrons. The van der Waals surface area contributed by atoms with E-state index < -0.39 is 73.1 Å². The van der Waals surface area contributed by atoms with E-state index in [0.717, 1.165) is 10.9 Å². The van der Waals surface area contributed by atoms with Crippen molar-refractivity contribution < 1.29 is 39.0 Å². The Kier molecular flexibility index (Phi) is 9.28. The summed E-state index contributed by atoms with van der Waals surface area (Å²) in [5.74, 6) is -6.46. The predicted molar refractivity (Wildman–Crippen MR) is 121 cm³/mol. The average Bonchev–Trinajstić information content (AvgIpc) is 3.18. The summed E-state index contributed by atoms with van der Waals surface area (Å²) in [5.41, 5.74) is 11.9. The van der Waals surface area contributed by atoms with Crippen LogP contribution in [0.3, 0.4) is 0 Å². The average molecular weight is 490 g/mol. The number of aromatic amines is 1. The van der Waals surface area contributed by atoms with Crippen LogP contribution in [0.1, 0.15) is 18.4 Å². The van der Waals surface area contributed by atoms with Gasteiger partial charge in [-0.05, 0) is 11.6 Å². The quantitative estimate of drug-likeness (QED) is 0.148. The van der Waals surface area contributed by atoms with Crippen molar-refractivity contribution in [3.05, 3.63) is 36.0 Å². The maximum atomic E-state index is 12.4. The third-order valence-electron chi connectivity index (χ3n) is 4.93. The minimum atomic E-state index is -1.60. The van der Waals surface area contributed by atoms with Gasteiger partial charge in [0.15, 0.2) is 0 Å². The van der Waals surface area contributed by atoms with E-state index in [0.29, 0.717) is 5.56 Å². The molecule has 0 saturated carbocycles. The molecule has 35 heavy (non-hydrogen) atoms. The lowest BCUT2D eigenvalue weighted by atomic mass is 10.0. The van der Waals surface area contributed by atoms with Crippen molar-refractivity contribution in [2.24, 2.45) is 11.5 Å². The van der Waals surface area contributed by atoms with Crippen molar-refractivity contribution in [2.45, 2.75) is 37.4 Å². The number of amides is 4. The van der Waals surface area contributed by atoms with Crippen molar-refractivity contribution in [2.75, 3.05) is 6.54 Å². The number of nitrogens with two attached hydrogens (primary N) is 2. The molecule has 2 aromatic rings. The highest BCUT2D eigenvalue weighted by atomic mass is 16.4. The molecule has 0 bridgehead atoms. The topological polar surface area (TPSA) is 247 Å². The fourth-order valence-corrected chi connectivity index (χ4v) is 3.23. The van der Waals surface area contributed by atoms with Gasteiger partial charge in [-0.15, -0.1) is 0 Å². The number of hydrogen-bond donors (Lipinski definition) is 8. The summed E-state index contributed by atoms with van der Waals surface area (Å²) in [4.78, 5) is 73.3. The Morgan fingerprint density at radius 2 is 1.63 bits per heavy atom. The maximum Gasteiger partial charge on any atom is 0.326 e. The van der Waals surface area contributed by atoms with Crippen molar-refractivity contribution in [1.29, 1.82) is 0 Å². The van der Waals surface area contributed by atoms with Crippen molar-refractivity contribution >= 4 is 46.5 Å². The van der Waals surface area contributed by atoms with Gasteiger partial charge in [-0.1, -0.05) is 18.2 Å². The van der Waals surface area contributed by atoms with Crippen LogP contribution in [0.2, 0.25) is 0 Å². The number of para-hydroxylation sites is 1. The van der Waals surface area contributed by atoms with E-state index in [1.807, 2.05) is 12.1 Å². The summed E-state index contributed by atoms with van der Waals surface area (Å²) in [5, 5.41) is 25.8. The van der Waals surface area contributed by atoms with Crippen LogP contribution in [0.25, 0.3) is 10.9 Å². The summed E-state index contributed by atoms with van der Waals surface area (Å²) in [6.07, 6.45) is 0.245. The third kappa shape index (κ3) is 8.12. The number of fused-ring (bicyclic) bond motifs is 1. The Balaban J connectivity index is 1.97. The third-order valence-corrected chi connectivity index (χ3v) is 4.93. The van der Waals surface area contributed by atoms with Crippen molar-refractivity contribution in [1.82, 2.24) is 20.9 Å². The van der Waals surface area contributed by atoms with Crippen LogP contribution >= 0.6 is 0 Å². The zero-order chi connectivity index (χ0) is 26.1. The molecule has 4 amide bonds. The molecule has 1 aromatic heterocycles. The van der Waals surface area contributed by atoms with Gasteiger partial charge in [-0.3, -0.25) is 24.0 Å². The number of hydrogen-bond acceptors (Lipinski definition) is 7. The number of carbonyl (C=O) groups is 6. The molecule has 0 unspecified atom stereocenters. The monoisotopic (exact) mass is 490 g/mol. The van der Waals surface area contributed by atoms with E-state index >= 15 is 0 Å². The molecular weight excluding hydrogens is 464 g/mol. The van der Waals surface area contributed by atoms with E-state index in [9.17, 15) is 33.9 Å². The first-order chi connectivity index (χ1) is 16.5. The molecular formula is C21H26N6O8. The molecule has 10 N–H and O–H groups in total. The Bertz CT molecular complexity index is 1130. The molecule has 0 aliphatic rings. The van der Waals surface area contributed by atoms with Crippen LogP contribution in [-0.2, 0) is 35.2 Å². The number of carbonyl (C=O) groups excluding carboxylic acids is 4. The molecule has 0 fully saturated rings. The van der Waals surface area contributed by atoms with Gasteiger partial charge in [0.25, 0.3) is 0 Å². The van der Waals surface area contributed by atoms with E-state index in [4.69, 9.17) is 16.6 Å². The SMILES string of the molecule is NC(=O)C[C@H](N)C(=O)N[C@@H](CC(=O)O)C(=O)NCC(=O)N[C@@H](Cc1c[nH]c2ccccc12)C(=O)O. The number of primary amides is 1. The van der Waals surface area contributed by atoms with Gasteiger partial charge in [0.1, 0.15) is 12.1 Å². The molecule has 0 spiro atoms. The van der Waals surface area contributed by atoms with E-state index in [1.54, 1.807) is 18.3 Å². The number of carboxylic acid groups (broad SMARTS) is 2. The minimum Gasteiger partial charge on any atom is -0.481 e. The standard InChI is InChI=1S/C21H26N6O8/c22-12(6-16(23)28)19(32)27-14(7-18(30)31)20(33)25-9-17(29)26-15(21(34)35)5-10-8-24-13-4-2-1-3-11(10)13/h1-4,8,12,14-15,24H,5-7,9,22H2,(H2,23,28)(H,25,33)(H,26,29)(H,27,32)(H,30,31)(H,34,35)/t12-,14-,15-/m0/s1. The van der Waals surface area contributed by atoms with E-state index in [2.05, 4.69) is 20.9 Å². The van der Waals surface area contributed by atoms with E-state index in [-0.39, 0.29) is 6.42 Å². The normalized spacial score (nSPS) is 13.3. The van der Waals surface area contributed by atoms with Crippen LogP contribution in [0.4, 0.5) is 0 Å². The molecule has 1 aromatic carbocycles. The first-order valence-corrected chi connectivity index (χ1v) is 10.4. The molecule has 0 aliphatic carbocycles. The predicted octanol–water partition coefficient (Wildman–Crippen LogP) is -2.44. The fourth-order valence-electron chi connectivity index (χ4n) is 3.23. The Labute approximate surface area is 198 Å². The van der Waals surface area contributed by atoms with E-state index in [1.165, 1.54) is 0 Å². The zero-order valence-corrected chi connectivity index (χ0v) is 18.4. The molecule has 0 saturated heterocycles. The molecule has 188 valence electrons. The number of rotatable bonds is 13. The Morgan fingerprint density at radius 1 is 0.943 bits per heavy atom. The van der Waals surface area contributed by atoms with Crippen LogP contribution in [0.15, 0.2) is 30.5 Å². The highest BCUT2D eigenvalue weighted by Gasteiger charge is 2.28. The number of aromatic nitrogens is 1. The van der Waals surface area contributed by atoms with Crippen molar-refractivity contribution in [3.63, 3.8) is 0 Å². The largest absolute Gasteiger partial charge is 0.481 e. The number of nitrogens with one attached hydrogen (secondary N) is 4. The smallest absolute Gasteiger partial charge is 0.326 e. The highest BCUT2D eigenvalue weighted by molar-refractivity contribution is 5.95.